The van der Waals surface area contributed by atoms with E-state index < -0.39 is 0 Å². The van der Waals surface area contributed by atoms with Crippen molar-refractivity contribution < 1.29 is 9.53 Å². The molecule has 0 aromatic heterocycles. The van der Waals surface area contributed by atoms with Crippen LogP contribution in [0.2, 0.25) is 0 Å². The summed E-state index contributed by atoms with van der Waals surface area (Å²) in [4.78, 5) is 18.1. The topological polar surface area (TPSA) is 51.0 Å². The lowest BCUT2D eigenvalue weighted by molar-refractivity contribution is -0.116. The van der Waals surface area contributed by atoms with Gasteiger partial charge in [0.25, 0.3) is 5.91 Å². The molecule has 1 unspecified atom stereocenters. The minimum atomic E-state index is -0.239. The van der Waals surface area contributed by atoms with Crippen LogP contribution in [0.1, 0.15) is 0 Å². The monoisotopic (exact) mass is 252 g/mol. The van der Waals surface area contributed by atoms with Gasteiger partial charge in [-0.15, -0.1) is 0 Å². The zero-order valence-corrected chi connectivity index (χ0v) is 7.40. The van der Waals surface area contributed by atoms with Crippen molar-refractivity contribution in [3.05, 3.63) is 0 Å². The number of amidine groups is 1. The molecule has 0 radical (unpaired) electrons. The Bertz CT molecular complexity index is 212. The maximum atomic E-state index is 10.8. The van der Waals surface area contributed by atoms with Gasteiger partial charge in [-0.3, -0.25) is 4.79 Å². The zero-order chi connectivity index (χ0) is 7.56. The maximum absolute atomic E-state index is 10.8. The van der Waals surface area contributed by atoms with Gasteiger partial charge in [-0.1, -0.05) is 22.6 Å². The minimum Gasteiger partial charge on any atom is -0.467 e. The molecule has 4 nitrogen and oxygen atoms in total. The fraction of sp³-hybridized carbons (Fsp3) is 0.400. The number of alkyl halides is 1. The number of rotatable bonds is 0. The van der Waals surface area contributed by atoms with Crippen molar-refractivity contribution in [2.75, 3.05) is 7.11 Å². The zero-order valence-electron chi connectivity index (χ0n) is 5.24. The molecule has 1 aliphatic heterocycles. The van der Waals surface area contributed by atoms with E-state index in [0.29, 0.717) is 0 Å². The molecule has 1 aliphatic rings. The Hall–Kier alpha value is -0.460. The Kier molecular flexibility index (Phi) is 2.36. The van der Waals surface area contributed by atoms with Crippen molar-refractivity contribution in [2.45, 2.75) is 3.92 Å². The van der Waals surface area contributed by atoms with E-state index in [-0.39, 0.29) is 15.9 Å². The van der Waals surface area contributed by atoms with E-state index in [1.54, 1.807) is 0 Å². The van der Waals surface area contributed by atoms with Gasteiger partial charge in [-0.25, -0.2) is 4.99 Å². The number of halogens is 1. The van der Waals surface area contributed by atoms with Crippen molar-refractivity contribution in [1.29, 1.82) is 0 Å². The molecule has 0 spiro atoms. The van der Waals surface area contributed by atoms with Gasteiger partial charge in [0.2, 0.25) is 0 Å². The average Bonchev–Trinajstić information content (AvgIpc) is 1.95. The predicted octanol–water partition coefficient (Wildman–Crippen LogP) is 0.403. The Morgan fingerprint density at radius 3 is 3.00 bits per heavy atom. The van der Waals surface area contributed by atoms with Gasteiger partial charge in [0, 0.05) is 6.21 Å². The van der Waals surface area contributed by atoms with Crippen LogP contribution in [0.5, 0.6) is 0 Å². The number of ether oxygens (including phenoxy) is 1. The van der Waals surface area contributed by atoms with Crippen molar-refractivity contribution in [2.24, 2.45) is 9.98 Å². The molecule has 54 valence electrons. The van der Waals surface area contributed by atoms with Gasteiger partial charge in [-0.05, 0) is 0 Å². The number of nitrogens with zero attached hydrogens (tertiary/aromatic N) is 2. The number of carbonyl (C=O) groups is 1. The Labute approximate surface area is 71.5 Å². The summed E-state index contributed by atoms with van der Waals surface area (Å²) in [6.07, 6.45) is 1.51. The van der Waals surface area contributed by atoms with Crippen LogP contribution in [0.3, 0.4) is 0 Å². The molecule has 1 atom stereocenters. The van der Waals surface area contributed by atoms with Crippen molar-refractivity contribution >= 4 is 40.7 Å². The number of hydrogen-bond acceptors (Lipinski definition) is 3. The number of carbonyl (C=O) groups excluding carboxylic acids is 1. The van der Waals surface area contributed by atoms with Crippen LogP contribution in [-0.2, 0) is 9.53 Å². The molecule has 0 aromatic carbocycles. The van der Waals surface area contributed by atoms with Gasteiger partial charge in [0.05, 0.1) is 7.11 Å². The molecular formula is C5H5IN2O2. The third-order valence-corrected chi connectivity index (χ3v) is 1.79. The summed E-state index contributed by atoms with van der Waals surface area (Å²) in [5.74, 6) is -0.215. The summed E-state index contributed by atoms with van der Waals surface area (Å²) in [7, 11) is 1.43. The van der Waals surface area contributed by atoms with Gasteiger partial charge in [0.15, 0.2) is 0 Å². The highest BCUT2D eigenvalue weighted by Crippen LogP contribution is 2.05. The molecule has 1 amide bonds. The predicted molar refractivity (Wildman–Crippen MR) is 45.8 cm³/mol. The fourth-order valence-electron chi connectivity index (χ4n) is 0.476. The Morgan fingerprint density at radius 1 is 1.80 bits per heavy atom. The van der Waals surface area contributed by atoms with Crippen molar-refractivity contribution in [1.82, 2.24) is 0 Å². The van der Waals surface area contributed by atoms with Crippen LogP contribution in [0.4, 0.5) is 0 Å². The van der Waals surface area contributed by atoms with Crippen molar-refractivity contribution in [3.63, 3.8) is 0 Å². The van der Waals surface area contributed by atoms with Crippen molar-refractivity contribution in [3.8, 4) is 0 Å². The number of methoxy groups -OCH3 is 1. The van der Waals surface area contributed by atoms with Crippen LogP contribution in [-0.4, -0.2) is 29.2 Å². The number of aliphatic imine (C=N–C) groups is 2. The molecule has 0 aliphatic carbocycles. The van der Waals surface area contributed by atoms with E-state index in [4.69, 9.17) is 0 Å². The molecule has 5 heteroatoms. The molecule has 0 aromatic rings. The van der Waals surface area contributed by atoms with Crippen LogP contribution in [0.25, 0.3) is 0 Å². The number of hydrogen-bond donors (Lipinski definition) is 0. The van der Waals surface area contributed by atoms with Gasteiger partial charge >= 0.3 is 6.02 Å². The standard InChI is InChI=1S/C5H5IN2O2/c1-10-5-7-2-3(6)4(9)8-5/h2-3H,1H3. The Morgan fingerprint density at radius 2 is 2.50 bits per heavy atom. The summed E-state index contributed by atoms with van der Waals surface area (Å²) >= 11 is 1.95. The summed E-state index contributed by atoms with van der Waals surface area (Å²) < 4.78 is 4.40. The molecule has 1 heterocycles. The first kappa shape index (κ1) is 7.64. The molecule has 10 heavy (non-hydrogen) atoms. The third kappa shape index (κ3) is 1.53. The van der Waals surface area contributed by atoms with Gasteiger partial charge < -0.3 is 4.74 Å². The summed E-state index contributed by atoms with van der Waals surface area (Å²) in [6.45, 7) is 0. The minimum absolute atomic E-state index is 0.137. The maximum Gasteiger partial charge on any atom is 0.319 e. The van der Waals surface area contributed by atoms with Gasteiger partial charge in [0.1, 0.15) is 3.92 Å². The lowest BCUT2D eigenvalue weighted by Gasteiger charge is -2.04. The largest absolute Gasteiger partial charge is 0.467 e. The molecule has 0 fully saturated rings. The molecule has 0 saturated heterocycles. The highest BCUT2D eigenvalue weighted by Gasteiger charge is 2.16. The molecule has 0 bridgehead atoms. The quantitative estimate of drug-likeness (QED) is 0.463. The second kappa shape index (κ2) is 3.09. The first-order chi connectivity index (χ1) is 4.74. The average molecular weight is 252 g/mol. The summed E-state index contributed by atoms with van der Waals surface area (Å²) in [6, 6.07) is 0.137. The van der Waals surface area contributed by atoms with Crippen LogP contribution in [0.15, 0.2) is 9.98 Å². The van der Waals surface area contributed by atoms with Crippen LogP contribution in [0, 0.1) is 0 Å². The second-order valence-corrected chi connectivity index (χ2v) is 2.96. The Balaban J connectivity index is 2.76. The lowest BCUT2D eigenvalue weighted by Crippen LogP contribution is -2.20. The third-order valence-electron chi connectivity index (χ3n) is 0.940. The van der Waals surface area contributed by atoms with E-state index in [1.165, 1.54) is 13.3 Å². The number of amides is 1. The lowest BCUT2D eigenvalue weighted by atomic mass is 10.4. The SMILES string of the molecule is COC1=NC(=O)C(I)C=N1. The highest BCUT2D eigenvalue weighted by molar-refractivity contribution is 14.1. The van der Waals surface area contributed by atoms with E-state index in [9.17, 15) is 4.79 Å². The molecular weight excluding hydrogens is 247 g/mol. The highest BCUT2D eigenvalue weighted by atomic mass is 127. The first-order valence-corrected chi connectivity index (χ1v) is 3.83. The van der Waals surface area contributed by atoms with Gasteiger partial charge in [-0.2, -0.15) is 4.99 Å². The van der Waals surface area contributed by atoms with E-state index >= 15 is 0 Å². The second-order valence-electron chi connectivity index (χ2n) is 1.62. The van der Waals surface area contributed by atoms with E-state index in [1.807, 2.05) is 22.6 Å². The summed E-state index contributed by atoms with van der Waals surface area (Å²) in [5.41, 5.74) is 0. The fourth-order valence-corrected chi connectivity index (χ4v) is 0.776. The summed E-state index contributed by atoms with van der Waals surface area (Å²) in [5, 5.41) is 0. The van der Waals surface area contributed by atoms with E-state index in [2.05, 4.69) is 14.7 Å². The normalized spacial score (nSPS) is 24.4. The smallest absolute Gasteiger partial charge is 0.319 e. The first-order valence-electron chi connectivity index (χ1n) is 2.59. The van der Waals surface area contributed by atoms with Crippen LogP contribution < -0.4 is 0 Å². The molecule has 1 rings (SSSR count). The van der Waals surface area contributed by atoms with E-state index in [0.717, 1.165) is 0 Å². The molecule has 0 N–H and O–H groups in total. The molecule has 0 saturated carbocycles. The van der Waals surface area contributed by atoms with Crippen LogP contribution >= 0.6 is 22.6 Å².